The highest BCUT2D eigenvalue weighted by molar-refractivity contribution is 7.11. The van der Waals surface area contributed by atoms with Gasteiger partial charge in [0.05, 0.1) is 0 Å². The second-order valence-electron chi connectivity index (χ2n) is 6.62. The van der Waals surface area contributed by atoms with Gasteiger partial charge in [0, 0.05) is 15.8 Å². The van der Waals surface area contributed by atoms with Gasteiger partial charge in [-0.3, -0.25) is 11.3 Å². The van der Waals surface area contributed by atoms with Gasteiger partial charge in [0.15, 0.2) is 0 Å². The van der Waals surface area contributed by atoms with Gasteiger partial charge in [-0.15, -0.1) is 11.3 Å². The largest absolute Gasteiger partial charge is 0.271 e. The first-order chi connectivity index (χ1) is 8.34. The molecule has 1 unspecified atom stereocenters. The number of aryl methyl sites for hydroxylation is 1. The van der Waals surface area contributed by atoms with Crippen molar-refractivity contribution in [3.63, 3.8) is 0 Å². The fourth-order valence-electron chi connectivity index (χ4n) is 3.47. The fraction of sp³-hybridized carbons (Fsp3) is 0.733. The van der Waals surface area contributed by atoms with Crippen LogP contribution in [0, 0.1) is 16.7 Å². The number of nitrogens with one attached hydrogen (secondary N) is 1. The third-order valence-electron chi connectivity index (χ3n) is 5.24. The Bertz CT molecular complexity index is 406. The van der Waals surface area contributed by atoms with Gasteiger partial charge < -0.3 is 0 Å². The lowest BCUT2D eigenvalue weighted by atomic mass is 10.0. The highest BCUT2D eigenvalue weighted by atomic mass is 32.1. The number of rotatable bonds is 5. The molecule has 3 N–H and O–H groups in total. The minimum atomic E-state index is 0.384. The van der Waals surface area contributed by atoms with Crippen molar-refractivity contribution in [3.05, 3.63) is 21.9 Å². The average Bonchev–Trinajstić information content (AvgIpc) is 2.69. The van der Waals surface area contributed by atoms with E-state index in [9.17, 15) is 0 Å². The van der Waals surface area contributed by atoms with E-state index in [-0.39, 0.29) is 0 Å². The topological polar surface area (TPSA) is 38.0 Å². The van der Waals surface area contributed by atoms with Crippen LogP contribution >= 0.6 is 11.3 Å². The number of thiophene rings is 1. The van der Waals surface area contributed by atoms with Crippen LogP contribution < -0.4 is 11.3 Å². The van der Waals surface area contributed by atoms with E-state index >= 15 is 0 Å². The van der Waals surface area contributed by atoms with E-state index in [1.807, 2.05) is 11.3 Å². The van der Waals surface area contributed by atoms with Crippen molar-refractivity contribution in [2.45, 2.75) is 53.5 Å². The molecule has 18 heavy (non-hydrogen) atoms. The van der Waals surface area contributed by atoms with Gasteiger partial charge in [0.2, 0.25) is 0 Å². The molecule has 0 saturated heterocycles. The Labute approximate surface area is 115 Å². The Hall–Kier alpha value is -0.380. The van der Waals surface area contributed by atoms with E-state index in [1.165, 1.54) is 9.75 Å². The van der Waals surface area contributed by atoms with Gasteiger partial charge in [-0.05, 0) is 41.7 Å². The van der Waals surface area contributed by atoms with Gasteiger partial charge in [0.1, 0.15) is 0 Å². The van der Waals surface area contributed by atoms with E-state index < -0.39 is 0 Å². The van der Waals surface area contributed by atoms with Crippen molar-refractivity contribution in [3.8, 4) is 0 Å². The van der Waals surface area contributed by atoms with Crippen molar-refractivity contribution in [2.24, 2.45) is 22.6 Å². The fourth-order valence-corrected chi connectivity index (χ4v) is 4.48. The first-order valence-corrected chi connectivity index (χ1v) is 7.70. The lowest BCUT2D eigenvalue weighted by Gasteiger charge is -2.17. The van der Waals surface area contributed by atoms with Crippen molar-refractivity contribution in [2.75, 3.05) is 0 Å². The lowest BCUT2D eigenvalue weighted by Crippen LogP contribution is -2.40. The molecule has 0 aromatic carbocycles. The quantitative estimate of drug-likeness (QED) is 0.633. The number of hydrazine groups is 1. The van der Waals surface area contributed by atoms with Crippen LogP contribution in [-0.2, 0) is 12.8 Å². The molecule has 1 fully saturated rings. The van der Waals surface area contributed by atoms with Gasteiger partial charge in [-0.25, -0.2) is 0 Å². The number of hydrogen-bond acceptors (Lipinski definition) is 3. The molecule has 1 atom stereocenters. The predicted molar refractivity (Wildman–Crippen MR) is 79.6 cm³/mol. The van der Waals surface area contributed by atoms with Crippen LogP contribution in [0.1, 0.15) is 44.4 Å². The first-order valence-electron chi connectivity index (χ1n) is 6.88. The first kappa shape index (κ1) is 14.0. The SMILES string of the molecule is CCc1ccc(CC(NN)C2C(C)(C)C2(C)C)s1. The van der Waals surface area contributed by atoms with Gasteiger partial charge in [-0.2, -0.15) is 0 Å². The Morgan fingerprint density at radius 2 is 1.78 bits per heavy atom. The Kier molecular flexibility index (Phi) is 3.60. The molecule has 1 saturated carbocycles. The summed E-state index contributed by atoms with van der Waals surface area (Å²) in [6, 6.07) is 4.89. The summed E-state index contributed by atoms with van der Waals surface area (Å²) in [6.45, 7) is 11.6. The molecule has 1 aliphatic carbocycles. The maximum Gasteiger partial charge on any atom is 0.0297 e. The molecule has 0 aliphatic heterocycles. The molecule has 0 radical (unpaired) electrons. The maximum absolute atomic E-state index is 5.80. The molecule has 1 aliphatic rings. The zero-order valence-corrected chi connectivity index (χ0v) is 13.0. The maximum atomic E-state index is 5.80. The van der Waals surface area contributed by atoms with Crippen LogP contribution in [0.3, 0.4) is 0 Å². The normalized spacial score (nSPS) is 23.0. The molecule has 0 spiro atoms. The smallest absolute Gasteiger partial charge is 0.0297 e. The van der Waals surface area contributed by atoms with E-state index in [2.05, 4.69) is 52.2 Å². The van der Waals surface area contributed by atoms with Crippen LogP contribution in [0.4, 0.5) is 0 Å². The standard InChI is InChI=1S/C15H26N2S/c1-6-10-7-8-11(18-10)9-12(17-16)13-14(2,3)15(13,4)5/h7-8,12-13,17H,6,9,16H2,1-5H3. The minimum absolute atomic E-state index is 0.384. The lowest BCUT2D eigenvalue weighted by molar-refractivity contribution is 0.404. The van der Waals surface area contributed by atoms with Crippen LogP contribution in [0.2, 0.25) is 0 Å². The second-order valence-corrected chi connectivity index (χ2v) is 7.87. The van der Waals surface area contributed by atoms with Gasteiger partial charge >= 0.3 is 0 Å². The Balaban J connectivity index is 2.07. The van der Waals surface area contributed by atoms with Crippen LogP contribution in [0.5, 0.6) is 0 Å². The van der Waals surface area contributed by atoms with E-state index in [4.69, 9.17) is 5.84 Å². The highest BCUT2D eigenvalue weighted by Gasteiger charge is 2.66. The third-order valence-corrected chi connectivity index (χ3v) is 6.49. The van der Waals surface area contributed by atoms with Crippen molar-refractivity contribution < 1.29 is 0 Å². The van der Waals surface area contributed by atoms with Crippen LogP contribution in [0.15, 0.2) is 12.1 Å². The monoisotopic (exact) mass is 266 g/mol. The summed E-state index contributed by atoms with van der Waals surface area (Å²) in [4.78, 5) is 2.92. The van der Waals surface area contributed by atoms with Crippen molar-refractivity contribution in [1.82, 2.24) is 5.43 Å². The number of nitrogens with two attached hydrogens (primary N) is 1. The average molecular weight is 266 g/mol. The van der Waals surface area contributed by atoms with Crippen molar-refractivity contribution in [1.29, 1.82) is 0 Å². The zero-order valence-electron chi connectivity index (χ0n) is 12.2. The molecule has 1 aromatic rings. The molecule has 0 bridgehead atoms. The van der Waals surface area contributed by atoms with Gasteiger partial charge in [0.25, 0.3) is 0 Å². The zero-order chi connectivity index (χ0) is 13.6. The number of hydrogen-bond donors (Lipinski definition) is 2. The van der Waals surface area contributed by atoms with Crippen molar-refractivity contribution >= 4 is 11.3 Å². The molecule has 1 heterocycles. The van der Waals surface area contributed by atoms with E-state index in [0.29, 0.717) is 22.8 Å². The summed E-state index contributed by atoms with van der Waals surface area (Å²) in [5.74, 6) is 6.45. The summed E-state index contributed by atoms with van der Waals surface area (Å²) in [5.41, 5.74) is 3.83. The summed E-state index contributed by atoms with van der Waals surface area (Å²) < 4.78 is 0. The van der Waals surface area contributed by atoms with Gasteiger partial charge in [-0.1, -0.05) is 34.6 Å². The Morgan fingerprint density at radius 3 is 2.17 bits per heavy atom. The minimum Gasteiger partial charge on any atom is -0.271 e. The summed E-state index contributed by atoms with van der Waals surface area (Å²) in [6.07, 6.45) is 2.19. The summed E-state index contributed by atoms with van der Waals surface area (Å²) in [7, 11) is 0. The highest BCUT2D eigenvalue weighted by Crippen LogP contribution is 2.69. The summed E-state index contributed by atoms with van der Waals surface area (Å²) in [5, 5.41) is 0. The third kappa shape index (κ3) is 2.13. The molecule has 102 valence electrons. The molecule has 2 rings (SSSR count). The van der Waals surface area contributed by atoms with Crippen LogP contribution in [-0.4, -0.2) is 6.04 Å². The molecular formula is C15H26N2S. The second kappa shape index (κ2) is 4.62. The van der Waals surface area contributed by atoms with E-state index in [0.717, 1.165) is 12.8 Å². The summed E-state index contributed by atoms with van der Waals surface area (Å²) >= 11 is 1.93. The Morgan fingerprint density at radius 1 is 1.22 bits per heavy atom. The molecule has 1 aromatic heterocycles. The molecule has 3 heteroatoms. The van der Waals surface area contributed by atoms with Crippen LogP contribution in [0.25, 0.3) is 0 Å². The molecule has 2 nitrogen and oxygen atoms in total. The molecule has 0 amide bonds. The van der Waals surface area contributed by atoms with E-state index in [1.54, 1.807) is 0 Å². The molecular weight excluding hydrogens is 240 g/mol. The predicted octanol–water partition coefficient (Wildman–Crippen LogP) is 3.37.